The third-order valence-electron chi connectivity index (χ3n) is 4.52. The van der Waals surface area contributed by atoms with Crippen molar-refractivity contribution in [3.63, 3.8) is 0 Å². The number of aryl methyl sites for hydroxylation is 1. The number of aromatic amines is 1. The van der Waals surface area contributed by atoms with Gasteiger partial charge in [0.25, 0.3) is 0 Å². The predicted molar refractivity (Wildman–Crippen MR) is 107 cm³/mol. The van der Waals surface area contributed by atoms with Crippen molar-refractivity contribution in [3.05, 3.63) is 77.2 Å². The van der Waals surface area contributed by atoms with Crippen molar-refractivity contribution < 1.29 is 8.78 Å². The van der Waals surface area contributed by atoms with E-state index in [9.17, 15) is 8.78 Å². The maximum Gasteiger partial charge on any atom is 0.126 e. The molecule has 4 rings (SSSR count). The molecule has 142 valence electrons. The Labute approximate surface area is 160 Å². The van der Waals surface area contributed by atoms with Gasteiger partial charge in [0.2, 0.25) is 0 Å². The number of H-pyrrole nitrogens is 1. The first-order chi connectivity index (χ1) is 13.5. The monoisotopic (exact) mass is 379 g/mol. The highest BCUT2D eigenvalue weighted by molar-refractivity contribution is 5.91. The Kier molecular flexibility index (Phi) is 4.65. The molecule has 0 aliphatic rings. The Morgan fingerprint density at radius 3 is 2.61 bits per heavy atom. The van der Waals surface area contributed by atoms with Crippen LogP contribution in [0, 0.1) is 11.6 Å². The van der Waals surface area contributed by atoms with Crippen LogP contribution in [-0.4, -0.2) is 20.0 Å². The van der Waals surface area contributed by atoms with E-state index in [1.54, 1.807) is 10.9 Å². The largest absolute Gasteiger partial charge is 0.378 e. The fraction of sp³-hybridized carbons (Fsp3) is 0.143. The van der Waals surface area contributed by atoms with Gasteiger partial charge in [-0.3, -0.25) is 9.78 Å². The summed E-state index contributed by atoms with van der Waals surface area (Å²) in [6.45, 7) is 1.86. The maximum atomic E-state index is 13.5. The van der Waals surface area contributed by atoms with Crippen LogP contribution < -0.4 is 5.32 Å². The molecule has 1 unspecified atom stereocenters. The summed E-state index contributed by atoms with van der Waals surface area (Å²) in [5, 5.41) is 15.7. The molecule has 28 heavy (non-hydrogen) atoms. The molecule has 0 spiro atoms. The number of nitrogens with zero attached hydrogens (tertiary/aromatic N) is 3. The molecule has 0 saturated carbocycles. The number of hydrogen-bond acceptors (Lipinski definition) is 3. The van der Waals surface area contributed by atoms with Gasteiger partial charge in [-0.15, -0.1) is 0 Å². The molecule has 0 aliphatic carbocycles. The average Bonchev–Trinajstić information content (AvgIpc) is 3.24. The first-order valence-corrected chi connectivity index (χ1v) is 8.85. The average molecular weight is 379 g/mol. The fourth-order valence-electron chi connectivity index (χ4n) is 3.11. The number of rotatable bonds is 5. The fourth-order valence-corrected chi connectivity index (χ4v) is 3.11. The Morgan fingerprint density at radius 1 is 1.11 bits per heavy atom. The normalized spacial score (nSPS) is 12.7. The second-order valence-corrected chi connectivity index (χ2v) is 6.72. The first kappa shape index (κ1) is 17.9. The third kappa shape index (κ3) is 3.78. The molecule has 5 nitrogen and oxygen atoms in total. The summed E-state index contributed by atoms with van der Waals surface area (Å²) < 4.78 is 28.7. The van der Waals surface area contributed by atoms with Gasteiger partial charge in [0.1, 0.15) is 11.6 Å². The number of anilines is 1. The lowest BCUT2D eigenvalue weighted by Gasteiger charge is -2.16. The van der Waals surface area contributed by atoms with Gasteiger partial charge in [0.15, 0.2) is 0 Å². The minimum absolute atomic E-state index is 0.260. The molecule has 0 radical (unpaired) electrons. The van der Waals surface area contributed by atoms with Crippen molar-refractivity contribution in [2.45, 2.75) is 13.0 Å². The van der Waals surface area contributed by atoms with E-state index in [1.807, 2.05) is 50.5 Å². The molecule has 0 bridgehead atoms. The molecule has 2 aromatic carbocycles. The standard InChI is InChI=1S/C21H19F2N5/c1-13(15-7-16(22)9-17(23)8-15)25-18-4-6-21-19(10-18)20(26-27-21)5-3-14-11-24-28(2)12-14/h3-13,25H,1-2H3,(H,26,27). The molecule has 2 aromatic heterocycles. The molecular weight excluding hydrogens is 360 g/mol. The number of aromatic nitrogens is 4. The lowest BCUT2D eigenvalue weighted by atomic mass is 10.1. The molecule has 0 fully saturated rings. The van der Waals surface area contributed by atoms with E-state index in [0.717, 1.165) is 33.9 Å². The van der Waals surface area contributed by atoms with Crippen LogP contribution >= 0.6 is 0 Å². The van der Waals surface area contributed by atoms with Crippen LogP contribution in [0.4, 0.5) is 14.5 Å². The topological polar surface area (TPSA) is 58.5 Å². The number of fused-ring (bicyclic) bond motifs is 1. The summed E-state index contributed by atoms with van der Waals surface area (Å²) in [4.78, 5) is 0. The maximum absolute atomic E-state index is 13.5. The highest BCUT2D eigenvalue weighted by Crippen LogP contribution is 2.26. The SMILES string of the molecule is CC(Nc1ccc2[nH]nc(C=Cc3cnn(C)c3)c2c1)c1cc(F)cc(F)c1. The van der Waals surface area contributed by atoms with Crippen molar-refractivity contribution in [1.82, 2.24) is 20.0 Å². The summed E-state index contributed by atoms with van der Waals surface area (Å²) in [5.74, 6) is -1.17. The van der Waals surface area contributed by atoms with Gasteiger partial charge in [-0.25, -0.2) is 8.78 Å². The highest BCUT2D eigenvalue weighted by atomic mass is 19.1. The summed E-state index contributed by atoms with van der Waals surface area (Å²) in [7, 11) is 1.87. The van der Waals surface area contributed by atoms with Gasteiger partial charge < -0.3 is 5.32 Å². The minimum Gasteiger partial charge on any atom is -0.378 e. The number of halogens is 2. The van der Waals surface area contributed by atoms with E-state index < -0.39 is 11.6 Å². The van der Waals surface area contributed by atoms with E-state index in [0.29, 0.717) is 5.56 Å². The van der Waals surface area contributed by atoms with Crippen LogP contribution in [0.25, 0.3) is 23.1 Å². The first-order valence-electron chi connectivity index (χ1n) is 8.85. The predicted octanol–water partition coefficient (Wildman–Crippen LogP) is 4.92. The van der Waals surface area contributed by atoms with Crippen LogP contribution in [0.3, 0.4) is 0 Å². The van der Waals surface area contributed by atoms with Crippen molar-refractivity contribution in [3.8, 4) is 0 Å². The van der Waals surface area contributed by atoms with E-state index in [-0.39, 0.29) is 6.04 Å². The Balaban J connectivity index is 1.59. The zero-order valence-corrected chi connectivity index (χ0v) is 15.4. The summed E-state index contributed by atoms with van der Waals surface area (Å²) in [6, 6.07) is 9.07. The Morgan fingerprint density at radius 2 is 1.89 bits per heavy atom. The highest BCUT2D eigenvalue weighted by Gasteiger charge is 2.10. The van der Waals surface area contributed by atoms with Crippen molar-refractivity contribution >= 4 is 28.7 Å². The summed E-state index contributed by atoms with van der Waals surface area (Å²) in [6.07, 6.45) is 7.56. The molecular formula is C21H19F2N5. The molecule has 1 atom stereocenters. The van der Waals surface area contributed by atoms with Crippen LogP contribution in [-0.2, 0) is 7.05 Å². The van der Waals surface area contributed by atoms with Gasteiger partial charge in [0.05, 0.1) is 17.4 Å². The number of nitrogens with one attached hydrogen (secondary N) is 2. The number of benzene rings is 2. The molecule has 0 saturated heterocycles. The number of hydrogen-bond donors (Lipinski definition) is 2. The van der Waals surface area contributed by atoms with Crippen LogP contribution in [0.1, 0.15) is 29.8 Å². The van der Waals surface area contributed by atoms with Crippen molar-refractivity contribution in [2.75, 3.05) is 5.32 Å². The van der Waals surface area contributed by atoms with Crippen LogP contribution in [0.5, 0.6) is 0 Å². The quantitative estimate of drug-likeness (QED) is 0.518. The van der Waals surface area contributed by atoms with Crippen LogP contribution in [0.15, 0.2) is 48.8 Å². The molecule has 0 aliphatic heterocycles. The molecule has 0 amide bonds. The molecule has 2 heterocycles. The van der Waals surface area contributed by atoms with Crippen molar-refractivity contribution in [1.29, 1.82) is 0 Å². The van der Waals surface area contributed by atoms with E-state index in [2.05, 4.69) is 20.6 Å². The van der Waals surface area contributed by atoms with Gasteiger partial charge in [-0.2, -0.15) is 10.2 Å². The molecule has 4 aromatic rings. The molecule has 2 N–H and O–H groups in total. The Bertz CT molecular complexity index is 1140. The summed E-state index contributed by atoms with van der Waals surface area (Å²) in [5.41, 5.74) is 4.06. The minimum atomic E-state index is -0.586. The Hall–Kier alpha value is -3.48. The molecule has 7 heteroatoms. The second-order valence-electron chi connectivity index (χ2n) is 6.72. The van der Waals surface area contributed by atoms with E-state index in [4.69, 9.17) is 0 Å². The van der Waals surface area contributed by atoms with Gasteiger partial charge in [-0.1, -0.05) is 0 Å². The lowest BCUT2D eigenvalue weighted by Crippen LogP contribution is -2.07. The third-order valence-corrected chi connectivity index (χ3v) is 4.52. The van der Waals surface area contributed by atoms with Crippen LogP contribution in [0.2, 0.25) is 0 Å². The van der Waals surface area contributed by atoms with Crippen molar-refractivity contribution in [2.24, 2.45) is 7.05 Å². The smallest absolute Gasteiger partial charge is 0.126 e. The zero-order chi connectivity index (χ0) is 19.7. The van der Waals surface area contributed by atoms with Gasteiger partial charge >= 0.3 is 0 Å². The lowest BCUT2D eigenvalue weighted by molar-refractivity contribution is 0.577. The summed E-state index contributed by atoms with van der Waals surface area (Å²) >= 11 is 0. The van der Waals surface area contributed by atoms with Gasteiger partial charge in [0, 0.05) is 42.0 Å². The van der Waals surface area contributed by atoms with E-state index in [1.165, 1.54) is 12.1 Å². The second kappa shape index (κ2) is 7.26. The van der Waals surface area contributed by atoms with E-state index >= 15 is 0 Å². The zero-order valence-electron chi connectivity index (χ0n) is 15.4. The van der Waals surface area contributed by atoms with Gasteiger partial charge in [-0.05, 0) is 55.0 Å².